The molecule has 0 bridgehead atoms. The highest BCUT2D eigenvalue weighted by Crippen LogP contribution is 2.25. The fourth-order valence-corrected chi connectivity index (χ4v) is 2.57. The Bertz CT molecular complexity index is 339. The summed E-state index contributed by atoms with van der Waals surface area (Å²) in [7, 11) is 0. The van der Waals surface area contributed by atoms with Crippen molar-refractivity contribution in [3.8, 4) is 0 Å². The largest absolute Gasteiger partial charge is 0.458 e. The van der Waals surface area contributed by atoms with Gasteiger partial charge < -0.3 is 9.47 Å². The summed E-state index contributed by atoms with van der Waals surface area (Å²) in [6.07, 6.45) is 10.5. The Morgan fingerprint density at radius 1 is 0.864 bits per heavy atom. The summed E-state index contributed by atoms with van der Waals surface area (Å²) < 4.78 is 11.0. The van der Waals surface area contributed by atoms with Gasteiger partial charge in [0.1, 0.15) is 12.2 Å². The van der Waals surface area contributed by atoms with Crippen LogP contribution in [0.2, 0.25) is 0 Å². The minimum absolute atomic E-state index is 0.207. The van der Waals surface area contributed by atoms with Crippen molar-refractivity contribution in [1.82, 2.24) is 0 Å². The van der Waals surface area contributed by atoms with Crippen LogP contribution >= 0.6 is 0 Å². The molecule has 1 fully saturated rings. The van der Waals surface area contributed by atoms with Crippen molar-refractivity contribution in [2.45, 2.75) is 76.4 Å². The van der Waals surface area contributed by atoms with Gasteiger partial charge in [-0.15, -0.1) is 13.2 Å². The fraction of sp³-hybridized carbons (Fsp3) is 0.667. The number of hydrogen-bond acceptors (Lipinski definition) is 4. The van der Waals surface area contributed by atoms with E-state index in [0.29, 0.717) is 12.8 Å². The molecule has 1 saturated carbocycles. The molecule has 124 valence electrons. The zero-order valence-corrected chi connectivity index (χ0v) is 13.4. The molecule has 4 nitrogen and oxygen atoms in total. The third-order valence-electron chi connectivity index (χ3n) is 3.79. The highest BCUT2D eigenvalue weighted by atomic mass is 16.6. The van der Waals surface area contributed by atoms with E-state index in [-0.39, 0.29) is 24.1 Å². The standard InChI is InChI=1S/C18H28O4/c1-3-5-7-13-17(19)21-15-11-9-10-12-16(15)22-18(20)14-8-6-4-2/h3-4,15-16H,1-2,5-14H2/t15-,16+. The van der Waals surface area contributed by atoms with Crippen molar-refractivity contribution in [3.05, 3.63) is 25.3 Å². The van der Waals surface area contributed by atoms with Crippen molar-refractivity contribution < 1.29 is 19.1 Å². The number of carbonyl (C=O) groups is 2. The molecule has 0 amide bonds. The predicted molar refractivity (Wildman–Crippen MR) is 86.3 cm³/mol. The molecule has 4 heteroatoms. The maximum atomic E-state index is 11.8. The lowest BCUT2D eigenvalue weighted by molar-refractivity contribution is -0.171. The Hall–Kier alpha value is -1.58. The Labute approximate surface area is 133 Å². The molecule has 0 aliphatic heterocycles. The first-order chi connectivity index (χ1) is 10.7. The smallest absolute Gasteiger partial charge is 0.306 e. The molecule has 0 saturated heterocycles. The fourth-order valence-electron chi connectivity index (χ4n) is 2.57. The van der Waals surface area contributed by atoms with Gasteiger partial charge in [-0.1, -0.05) is 12.2 Å². The molecule has 0 radical (unpaired) electrons. The van der Waals surface area contributed by atoms with Crippen LogP contribution in [0.4, 0.5) is 0 Å². The molecule has 0 aromatic carbocycles. The van der Waals surface area contributed by atoms with E-state index in [1.807, 2.05) is 0 Å². The van der Waals surface area contributed by atoms with Crippen LogP contribution < -0.4 is 0 Å². The van der Waals surface area contributed by atoms with E-state index in [1.165, 1.54) is 0 Å². The van der Waals surface area contributed by atoms with Crippen molar-refractivity contribution in [3.63, 3.8) is 0 Å². The van der Waals surface area contributed by atoms with E-state index < -0.39 is 0 Å². The van der Waals surface area contributed by atoms with E-state index in [9.17, 15) is 9.59 Å². The summed E-state index contributed by atoms with van der Waals surface area (Å²) in [5.41, 5.74) is 0. The molecule has 0 heterocycles. The molecule has 1 rings (SSSR count). The van der Waals surface area contributed by atoms with Crippen molar-refractivity contribution in [2.75, 3.05) is 0 Å². The van der Waals surface area contributed by atoms with Crippen LogP contribution in [0.1, 0.15) is 64.2 Å². The Kier molecular flexibility index (Phi) is 9.28. The van der Waals surface area contributed by atoms with Gasteiger partial charge in [-0.05, 0) is 51.4 Å². The number of rotatable bonds is 10. The minimum atomic E-state index is -0.284. The van der Waals surface area contributed by atoms with Gasteiger partial charge in [-0.3, -0.25) is 9.59 Å². The van der Waals surface area contributed by atoms with Gasteiger partial charge >= 0.3 is 11.9 Å². The molecule has 0 spiro atoms. The molecule has 0 unspecified atom stereocenters. The zero-order valence-electron chi connectivity index (χ0n) is 13.4. The molecular formula is C18H28O4. The molecule has 2 atom stereocenters. The second-order valence-corrected chi connectivity index (χ2v) is 5.70. The number of esters is 2. The van der Waals surface area contributed by atoms with Crippen LogP contribution in [-0.2, 0) is 19.1 Å². The second kappa shape index (κ2) is 11.0. The average Bonchev–Trinajstić information content (AvgIpc) is 2.50. The van der Waals surface area contributed by atoms with Crippen LogP contribution in [0.25, 0.3) is 0 Å². The van der Waals surface area contributed by atoms with E-state index in [4.69, 9.17) is 9.47 Å². The third kappa shape index (κ3) is 7.43. The first kappa shape index (κ1) is 18.5. The lowest BCUT2D eigenvalue weighted by Gasteiger charge is -2.30. The third-order valence-corrected chi connectivity index (χ3v) is 3.79. The lowest BCUT2D eigenvalue weighted by atomic mass is 9.94. The molecule has 0 aromatic heterocycles. The summed E-state index contributed by atoms with van der Waals surface area (Å²) in [6.45, 7) is 7.27. The molecule has 0 aromatic rings. The van der Waals surface area contributed by atoms with Gasteiger partial charge in [0, 0.05) is 12.8 Å². The minimum Gasteiger partial charge on any atom is -0.458 e. The highest BCUT2D eigenvalue weighted by molar-refractivity contribution is 5.70. The molecular weight excluding hydrogens is 280 g/mol. The summed E-state index contributed by atoms with van der Waals surface area (Å²) >= 11 is 0. The molecule has 0 N–H and O–H groups in total. The van der Waals surface area contributed by atoms with Crippen molar-refractivity contribution in [2.24, 2.45) is 0 Å². The lowest BCUT2D eigenvalue weighted by Crippen LogP contribution is -2.37. The number of ether oxygens (including phenoxy) is 2. The van der Waals surface area contributed by atoms with E-state index >= 15 is 0 Å². The van der Waals surface area contributed by atoms with Crippen LogP contribution in [0.3, 0.4) is 0 Å². The van der Waals surface area contributed by atoms with Crippen LogP contribution in [0.15, 0.2) is 25.3 Å². The summed E-state index contributed by atoms with van der Waals surface area (Å²) in [4.78, 5) is 23.6. The SMILES string of the molecule is C=CCCCC(=O)O[C@H]1CCCC[C@H]1OC(=O)CCCC=C. The second-order valence-electron chi connectivity index (χ2n) is 5.70. The number of unbranched alkanes of at least 4 members (excludes halogenated alkanes) is 2. The van der Waals surface area contributed by atoms with Gasteiger partial charge in [0.15, 0.2) is 0 Å². The van der Waals surface area contributed by atoms with Gasteiger partial charge in [-0.25, -0.2) is 0 Å². The number of carbonyl (C=O) groups excluding carboxylic acids is 2. The Balaban J connectivity index is 2.38. The average molecular weight is 308 g/mol. The van der Waals surface area contributed by atoms with Crippen LogP contribution in [0, 0.1) is 0 Å². The van der Waals surface area contributed by atoms with Gasteiger partial charge in [0.05, 0.1) is 0 Å². The summed E-state index contributed by atoms with van der Waals surface area (Å²) in [5, 5.41) is 0. The van der Waals surface area contributed by atoms with Crippen molar-refractivity contribution in [1.29, 1.82) is 0 Å². The van der Waals surface area contributed by atoms with Crippen molar-refractivity contribution >= 4 is 11.9 Å². The summed E-state index contributed by atoms with van der Waals surface area (Å²) in [6, 6.07) is 0. The predicted octanol–water partition coefficient (Wildman–Crippen LogP) is 4.10. The quantitative estimate of drug-likeness (QED) is 0.346. The maximum Gasteiger partial charge on any atom is 0.306 e. The molecule has 22 heavy (non-hydrogen) atoms. The maximum absolute atomic E-state index is 11.8. The van der Waals surface area contributed by atoms with Gasteiger partial charge in [-0.2, -0.15) is 0 Å². The molecule has 1 aliphatic rings. The molecule has 1 aliphatic carbocycles. The Morgan fingerprint density at radius 3 is 1.64 bits per heavy atom. The first-order valence-corrected chi connectivity index (χ1v) is 8.28. The van der Waals surface area contributed by atoms with E-state index in [1.54, 1.807) is 12.2 Å². The van der Waals surface area contributed by atoms with Gasteiger partial charge in [0.25, 0.3) is 0 Å². The van der Waals surface area contributed by atoms with Gasteiger partial charge in [0.2, 0.25) is 0 Å². The first-order valence-electron chi connectivity index (χ1n) is 8.28. The van der Waals surface area contributed by atoms with E-state index in [0.717, 1.165) is 51.4 Å². The normalized spacial score (nSPS) is 20.9. The van der Waals surface area contributed by atoms with E-state index in [2.05, 4.69) is 13.2 Å². The Morgan fingerprint density at radius 2 is 1.27 bits per heavy atom. The van der Waals surface area contributed by atoms with Crippen LogP contribution in [0.5, 0.6) is 0 Å². The number of allylic oxidation sites excluding steroid dienone is 2. The monoisotopic (exact) mass is 308 g/mol. The number of hydrogen-bond donors (Lipinski definition) is 0. The van der Waals surface area contributed by atoms with Crippen LogP contribution in [-0.4, -0.2) is 24.1 Å². The topological polar surface area (TPSA) is 52.6 Å². The summed E-state index contributed by atoms with van der Waals surface area (Å²) in [5.74, 6) is -0.414. The highest BCUT2D eigenvalue weighted by Gasteiger charge is 2.31. The zero-order chi connectivity index (χ0) is 16.2.